The molecule has 11 heteroatoms. The third kappa shape index (κ3) is 5.25. The molecule has 0 bridgehead atoms. The summed E-state index contributed by atoms with van der Waals surface area (Å²) in [6, 6.07) is 7.01. The van der Waals surface area contributed by atoms with Crippen LogP contribution >= 0.6 is 0 Å². The number of nitrogens with zero attached hydrogens (tertiary/aromatic N) is 4. The maximum atomic E-state index is 13.0. The van der Waals surface area contributed by atoms with Gasteiger partial charge in [-0.2, -0.15) is 0 Å². The van der Waals surface area contributed by atoms with Gasteiger partial charge in [-0.15, -0.1) is 0 Å². The van der Waals surface area contributed by atoms with Crippen molar-refractivity contribution >= 4 is 28.9 Å². The maximum absolute atomic E-state index is 13.0. The van der Waals surface area contributed by atoms with Crippen molar-refractivity contribution in [2.45, 2.75) is 26.4 Å². The van der Waals surface area contributed by atoms with Crippen LogP contribution in [0.25, 0.3) is 10.9 Å². The first-order valence-corrected chi connectivity index (χ1v) is 10.7. The fraction of sp³-hybridized carbons (Fsp3) is 0.348. The number of hydrogen-bond donors (Lipinski definition) is 2. The summed E-state index contributed by atoms with van der Waals surface area (Å²) >= 11 is 0. The summed E-state index contributed by atoms with van der Waals surface area (Å²) in [6.07, 6.45) is 1.97. The van der Waals surface area contributed by atoms with E-state index in [0.29, 0.717) is 43.1 Å². The van der Waals surface area contributed by atoms with E-state index in [1.807, 2.05) is 20.8 Å². The molecule has 34 heavy (non-hydrogen) atoms. The molecule has 1 fully saturated rings. The van der Waals surface area contributed by atoms with Gasteiger partial charge < -0.3 is 29.4 Å². The van der Waals surface area contributed by atoms with Crippen molar-refractivity contribution in [1.82, 2.24) is 24.8 Å². The van der Waals surface area contributed by atoms with Crippen molar-refractivity contribution in [2.24, 2.45) is 0 Å². The first-order valence-electron chi connectivity index (χ1n) is 10.7. The zero-order valence-corrected chi connectivity index (χ0v) is 19.1. The molecule has 4 rings (SSSR count). The fourth-order valence-electron chi connectivity index (χ4n) is 3.47. The fourth-order valence-corrected chi connectivity index (χ4v) is 3.47. The molecule has 2 N–H and O–H groups in total. The van der Waals surface area contributed by atoms with E-state index < -0.39 is 11.6 Å². The third-order valence-corrected chi connectivity index (χ3v) is 5.11. The number of rotatable bonds is 4. The van der Waals surface area contributed by atoms with Gasteiger partial charge in [0.15, 0.2) is 5.69 Å². The zero-order chi connectivity index (χ0) is 24.5. The molecular formula is C23H25N5O6. The van der Waals surface area contributed by atoms with Crippen molar-refractivity contribution in [3.63, 3.8) is 0 Å². The Morgan fingerprint density at radius 3 is 2.32 bits per heavy atom. The number of H-pyrrole nitrogens is 1. The van der Waals surface area contributed by atoms with E-state index in [2.05, 4.69) is 15.0 Å². The van der Waals surface area contributed by atoms with Crippen LogP contribution in [0.5, 0.6) is 11.6 Å². The molecular weight excluding hydrogens is 442 g/mol. The highest BCUT2D eigenvalue weighted by Crippen LogP contribution is 2.25. The minimum absolute atomic E-state index is 0.148. The molecule has 2 aromatic heterocycles. The highest BCUT2D eigenvalue weighted by Gasteiger charge is 2.28. The number of carboxylic acids is 1. The summed E-state index contributed by atoms with van der Waals surface area (Å²) in [5.41, 5.74) is 0.389. The predicted molar refractivity (Wildman–Crippen MR) is 121 cm³/mol. The van der Waals surface area contributed by atoms with Gasteiger partial charge in [-0.25, -0.2) is 19.6 Å². The van der Waals surface area contributed by atoms with E-state index in [1.54, 1.807) is 34.1 Å². The number of amides is 2. The SMILES string of the molecule is CC(C)(C)OC(=O)N1CCN(C(=O)c2cc3ccc(Oc4cnc(C(=O)O)cn4)cc3[nH]2)CC1. The van der Waals surface area contributed by atoms with E-state index in [4.69, 9.17) is 14.6 Å². The number of aromatic nitrogens is 3. The molecule has 0 atom stereocenters. The average Bonchev–Trinajstić information content (AvgIpc) is 3.21. The molecule has 1 saturated heterocycles. The second-order valence-electron chi connectivity index (χ2n) is 8.84. The van der Waals surface area contributed by atoms with Gasteiger partial charge in [0.05, 0.1) is 12.4 Å². The van der Waals surface area contributed by atoms with E-state index in [-0.39, 0.29) is 23.6 Å². The van der Waals surface area contributed by atoms with Crippen LogP contribution in [0.4, 0.5) is 4.79 Å². The Morgan fingerprint density at radius 2 is 1.71 bits per heavy atom. The van der Waals surface area contributed by atoms with E-state index >= 15 is 0 Å². The number of hydrogen-bond acceptors (Lipinski definition) is 7. The minimum Gasteiger partial charge on any atom is -0.476 e. The summed E-state index contributed by atoms with van der Waals surface area (Å²) < 4.78 is 11.0. The van der Waals surface area contributed by atoms with Gasteiger partial charge in [-0.1, -0.05) is 0 Å². The molecule has 1 aliphatic heterocycles. The van der Waals surface area contributed by atoms with Crippen LogP contribution in [-0.2, 0) is 4.74 Å². The number of carbonyl (C=O) groups is 3. The van der Waals surface area contributed by atoms with Crippen molar-refractivity contribution in [1.29, 1.82) is 0 Å². The molecule has 3 heterocycles. The van der Waals surface area contributed by atoms with Crippen molar-refractivity contribution in [3.8, 4) is 11.6 Å². The van der Waals surface area contributed by atoms with Crippen LogP contribution < -0.4 is 4.74 Å². The average molecular weight is 467 g/mol. The summed E-state index contributed by atoms with van der Waals surface area (Å²) in [7, 11) is 0. The zero-order valence-electron chi connectivity index (χ0n) is 19.1. The predicted octanol–water partition coefficient (Wildman–Crippen LogP) is 3.14. The Bertz CT molecular complexity index is 1220. The standard InChI is InChI=1S/C23H25N5O6/c1-23(2,3)34-22(32)28-8-6-27(7-9-28)20(29)17-10-14-4-5-15(11-16(14)26-17)33-19-13-24-18(12-25-19)21(30)31/h4-5,10-13,26H,6-9H2,1-3H3,(H,30,31). The molecule has 1 aromatic carbocycles. The number of piperazine rings is 1. The lowest BCUT2D eigenvalue weighted by Gasteiger charge is -2.35. The summed E-state index contributed by atoms with van der Waals surface area (Å²) in [4.78, 5) is 50.2. The van der Waals surface area contributed by atoms with E-state index in [0.717, 1.165) is 11.6 Å². The Kier molecular flexibility index (Phi) is 6.10. The number of carbonyl (C=O) groups excluding carboxylic acids is 2. The van der Waals surface area contributed by atoms with Crippen LogP contribution in [0.15, 0.2) is 36.7 Å². The summed E-state index contributed by atoms with van der Waals surface area (Å²) in [6.45, 7) is 7.08. The molecule has 11 nitrogen and oxygen atoms in total. The highest BCUT2D eigenvalue weighted by molar-refractivity contribution is 5.98. The summed E-state index contributed by atoms with van der Waals surface area (Å²) in [5.74, 6) is -0.722. The van der Waals surface area contributed by atoms with Gasteiger partial charge in [0.1, 0.15) is 17.0 Å². The molecule has 3 aromatic rings. The molecule has 0 saturated carbocycles. The lowest BCUT2D eigenvalue weighted by Crippen LogP contribution is -2.51. The van der Waals surface area contributed by atoms with Crippen LogP contribution in [0.1, 0.15) is 41.7 Å². The van der Waals surface area contributed by atoms with Crippen molar-refractivity contribution in [3.05, 3.63) is 48.0 Å². The second kappa shape index (κ2) is 9.00. The monoisotopic (exact) mass is 467 g/mol. The van der Waals surface area contributed by atoms with Gasteiger partial charge in [0, 0.05) is 43.1 Å². The van der Waals surface area contributed by atoms with E-state index in [1.165, 1.54) is 6.20 Å². The number of aromatic amines is 1. The Labute approximate surface area is 195 Å². The number of carboxylic acid groups (broad SMARTS) is 1. The lowest BCUT2D eigenvalue weighted by molar-refractivity contribution is 0.0140. The maximum Gasteiger partial charge on any atom is 0.410 e. The van der Waals surface area contributed by atoms with Crippen LogP contribution in [0.3, 0.4) is 0 Å². The van der Waals surface area contributed by atoms with Crippen LogP contribution in [0, 0.1) is 0 Å². The molecule has 2 amide bonds. The molecule has 0 unspecified atom stereocenters. The van der Waals surface area contributed by atoms with Crippen LogP contribution in [0.2, 0.25) is 0 Å². The van der Waals surface area contributed by atoms with Gasteiger partial charge in [-0.05, 0) is 39.0 Å². The number of nitrogens with one attached hydrogen (secondary N) is 1. The molecule has 0 radical (unpaired) electrons. The quantitative estimate of drug-likeness (QED) is 0.597. The van der Waals surface area contributed by atoms with Crippen molar-refractivity contribution < 1.29 is 29.0 Å². The highest BCUT2D eigenvalue weighted by atomic mass is 16.6. The first kappa shape index (κ1) is 23.0. The number of ether oxygens (including phenoxy) is 2. The second-order valence-corrected chi connectivity index (χ2v) is 8.84. The minimum atomic E-state index is -1.17. The number of benzene rings is 1. The van der Waals surface area contributed by atoms with Crippen LogP contribution in [-0.4, -0.2) is 79.6 Å². The van der Waals surface area contributed by atoms with E-state index in [9.17, 15) is 14.4 Å². The topological polar surface area (TPSA) is 138 Å². The smallest absolute Gasteiger partial charge is 0.410 e. The van der Waals surface area contributed by atoms with Crippen molar-refractivity contribution in [2.75, 3.05) is 26.2 Å². The molecule has 0 aliphatic carbocycles. The normalized spacial score (nSPS) is 14.2. The number of aromatic carboxylic acids is 1. The van der Waals surface area contributed by atoms with Gasteiger partial charge in [0.25, 0.3) is 5.91 Å². The van der Waals surface area contributed by atoms with Gasteiger partial charge >= 0.3 is 12.1 Å². The Morgan fingerprint density at radius 1 is 1.00 bits per heavy atom. The molecule has 178 valence electrons. The largest absolute Gasteiger partial charge is 0.476 e. The first-order chi connectivity index (χ1) is 16.1. The molecule has 1 aliphatic rings. The summed E-state index contributed by atoms with van der Waals surface area (Å²) in [5, 5.41) is 9.73. The lowest BCUT2D eigenvalue weighted by atomic mass is 10.2. The van der Waals surface area contributed by atoms with Gasteiger partial charge in [-0.3, -0.25) is 4.79 Å². The number of fused-ring (bicyclic) bond motifs is 1. The Balaban J connectivity index is 1.40. The van der Waals surface area contributed by atoms with Gasteiger partial charge in [0.2, 0.25) is 5.88 Å². The Hall–Kier alpha value is -4.15. The third-order valence-electron chi connectivity index (χ3n) is 5.11. The molecule has 0 spiro atoms.